The molecule has 0 radical (unpaired) electrons. The van der Waals surface area contributed by atoms with E-state index in [0.29, 0.717) is 5.92 Å². The molecule has 0 amide bonds. The normalized spacial score (nSPS) is 12.1. The van der Waals surface area contributed by atoms with Crippen molar-refractivity contribution in [3.8, 4) is 0 Å². The summed E-state index contributed by atoms with van der Waals surface area (Å²) < 4.78 is 0. The van der Waals surface area contributed by atoms with Gasteiger partial charge < -0.3 is 9.90 Å². The first-order valence-corrected chi connectivity index (χ1v) is 7.21. The molecule has 1 N–H and O–H groups in total. The van der Waals surface area contributed by atoms with Crippen molar-refractivity contribution in [3.05, 3.63) is 41.5 Å². The van der Waals surface area contributed by atoms with Crippen molar-refractivity contribution in [1.82, 2.24) is 0 Å². The summed E-state index contributed by atoms with van der Waals surface area (Å²) in [6.45, 7) is 6.43. The number of hydrogen-bond donors (Lipinski definition) is 1. The number of carboxylic acids is 1. The third kappa shape index (κ3) is 7.30. The maximum Gasteiger partial charge on any atom is 0.0715 e. The van der Waals surface area contributed by atoms with Gasteiger partial charge in [0.15, 0.2) is 0 Å². The molecule has 1 aromatic carbocycles. The van der Waals surface area contributed by atoms with Crippen LogP contribution in [-0.2, 0) is 0 Å². The molecule has 0 saturated heterocycles. The summed E-state index contributed by atoms with van der Waals surface area (Å²) in [5.74, 6) is -0.582. The topological polar surface area (TPSA) is 64.5 Å². The van der Waals surface area contributed by atoms with Crippen LogP contribution in [0.5, 0.6) is 0 Å². The molecule has 0 aliphatic heterocycles. The molecule has 0 heterocycles. The van der Waals surface area contributed by atoms with Crippen molar-refractivity contribution >= 4 is 17.9 Å². The van der Waals surface area contributed by atoms with Gasteiger partial charge in [-0.05, 0) is 56.7 Å². The minimum Gasteiger partial charge on any atom is -0.545 e. The van der Waals surface area contributed by atoms with Gasteiger partial charge >= 0.3 is 0 Å². The van der Waals surface area contributed by atoms with Crippen LogP contribution in [0.3, 0.4) is 0 Å². The highest BCUT2D eigenvalue weighted by Crippen LogP contribution is 2.11. The summed E-state index contributed by atoms with van der Waals surface area (Å²) in [7, 11) is 0. The lowest BCUT2D eigenvalue weighted by Gasteiger charge is -2.06. The number of carbonyl (C=O) groups is 1. The Morgan fingerprint density at radius 2 is 2.00 bits per heavy atom. The number of benzene rings is 1. The number of carboxylic acid groups (broad SMARTS) is 1. The Morgan fingerprint density at radius 3 is 2.57 bits per heavy atom. The quantitative estimate of drug-likeness (QED) is 0.453. The van der Waals surface area contributed by atoms with Crippen LogP contribution in [0.4, 0.5) is 5.69 Å². The number of anilines is 1. The zero-order valence-corrected chi connectivity index (χ0v) is 12.9. The molecule has 0 aliphatic rings. The van der Waals surface area contributed by atoms with Crippen LogP contribution >= 0.6 is 0 Å². The second kappa shape index (κ2) is 8.95. The molecule has 0 spiro atoms. The predicted octanol–water partition coefficient (Wildman–Crippen LogP) is 3.22. The lowest BCUT2D eigenvalue weighted by molar-refractivity contribution is -0.255. The molecule has 0 unspecified atom stereocenters. The molecule has 21 heavy (non-hydrogen) atoms. The monoisotopic (exact) mass is 287 g/mol. The fourth-order valence-corrected chi connectivity index (χ4v) is 1.81. The highest BCUT2D eigenvalue weighted by Gasteiger charge is 1.98. The summed E-state index contributed by atoms with van der Waals surface area (Å²) in [4.78, 5) is 10.6. The van der Waals surface area contributed by atoms with E-state index in [-0.39, 0.29) is 5.56 Å². The Labute approximate surface area is 126 Å². The molecule has 1 atom stereocenters. The average Bonchev–Trinajstić information content (AvgIpc) is 2.43. The molecule has 0 aromatic heterocycles. The summed E-state index contributed by atoms with van der Waals surface area (Å²) >= 11 is 0. The van der Waals surface area contributed by atoms with Gasteiger partial charge in [-0.1, -0.05) is 30.7 Å². The summed E-state index contributed by atoms with van der Waals surface area (Å²) in [6, 6.07) is 6.33. The summed E-state index contributed by atoms with van der Waals surface area (Å²) in [5, 5.41) is 14.8. The predicted molar refractivity (Wildman–Crippen MR) is 85.3 cm³/mol. The molecular formula is C17H23N2O2-. The van der Waals surface area contributed by atoms with E-state index in [2.05, 4.69) is 37.4 Å². The molecule has 1 rings (SSSR count). The highest BCUT2D eigenvalue weighted by molar-refractivity contribution is 5.86. The van der Waals surface area contributed by atoms with E-state index in [1.54, 1.807) is 12.1 Å². The standard InChI is InChI=1S/C17H24N2O2/c1-13(2)5-4-6-14(3)11-12-18-19-16-9-7-15(8-10-16)17(20)21/h5,7-10,12,14,19H,4,6,11H2,1-3H3,(H,20,21)/p-1/b18-12-/t14-/m0/s1. The molecule has 114 valence electrons. The molecular weight excluding hydrogens is 264 g/mol. The van der Waals surface area contributed by atoms with Crippen LogP contribution in [0.25, 0.3) is 0 Å². The van der Waals surface area contributed by atoms with Gasteiger partial charge in [-0.25, -0.2) is 0 Å². The number of carbonyl (C=O) groups excluding carboxylic acids is 1. The van der Waals surface area contributed by atoms with Gasteiger partial charge in [0.05, 0.1) is 11.7 Å². The van der Waals surface area contributed by atoms with Crippen LogP contribution in [0.2, 0.25) is 0 Å². The lowest BCUT2D eigenvalue weighted by Crippen LogP contribution is -2.21. The fourth-order valence-electron chi connectivity index (χ4n) is 1.81. The highest BCUT2D eigenvalue weighted by atomic mass is 16.4. The van der Waals surface area contributed by atoms with Crippen molar-refractivity contribution in [2.24, 2.45) is 11.0 Å². The van der Waals surface area contributed by atoms with Crippen LogP contribution in [-0.4, -0.2) is 12.2 Å². The molecule has 0 saturated carbocycles. The molecule has 0 fully saturated rings. The SMILES string of the molecule is CC(C)=CCC[C@H](C)C/C=N\Nc1ccc(C(=O)[O-])cc1. The molecule has 0 bridgehead atoms. The van der Waals surface area contributed by atoms with Crippen molar-refractivity contribution in [1.29, 1.82) is 0 Å². The van der Waals surface area contributed by atoms with Crippen LogP contribution in [0.15, 0.2) is 41.0 Å². The number of aromatic carboxylic acids is 1. The molecule has 1 aromatic rings. The Kier molecular flexibility index (Phi) is 7.23. The number of nitrogens with one attached hydrogen (secondary N) is 1. The van der Waals surface area contributed by atoms with E-state index in [9.17, 15) is 9.90 Å². The number of rotatable bonds is 8. The van der Waals surface area contributed by atoms with Crippen molar-refractivity contribution < 1.29 is 9.90 Å². The average molecular weight is 287 g/mol. The Balaban J connectivity index is 2.31. The van der Waals surface area contributed by atoms with Crippen LogP contribution < -0.4 is 10.5 Å². The molecule has 4 nitrogen and oxygen atoms in total. The number of nitrogens with zero attached hydrogens (tertiary/aromatic N) is 1. The van der Waals surface area contributed by atoms with E-state index in [4.69, 9.17) is 0 Å². The minimum atomic E-state index is -1.17. The van der Waals surface area contributed by atoms with Crippen molar-refractivity contribution in [3.63, 3.8) is 0 Å². The van der Waals surface area contributed by atoms with E-state index in [0.717, 1.165) is 24.9 Å². The van der Waals surface area contributed by atoms with E-state index in [1.807, 2.05) is 6.21 Å². The van der Waals surface area contributed by atoms with E-state index >= 15 is 0 Å². The smallest absolute Gasteiger partial charge is 0.0715 e. The molecule has 4 heteroatoms. The zero-order chi connectivity index (χ0) is 15.7. The second-order valence-electron chi connectivity index (χ2n) is 5.49. The van der Waals surface area contributed by atoms with E-state index in [1.165, 1.54) is 17.7 Å². The van der Waals surface area contributed by atoms with Gasteiger partial charge in [0.2, 0.25) is 0 Å². The number of hydrazone groups is 1. The van der Waals surface area contributed by atoms with Gasteiger partial charge in [-0.3, -0.25) is 5.43 Å². The van der Waals surface area contributed by atoms with Crippen LogP contribution in [0, 0.1) is 5.92 Å². The number of allylic oxidation sites excluding steroid dienone is 2. The van der Waals surface area contributed by atoms with Gasteiger partial charge in [0.25, 0.3) is 0 Å². The Hall–Kier alpha value is -2.10. The van der Waals surface area contributed by atoms with Gasteiger partial charge in [0, 0.05) is 6.21 Å². The summed E-state index contributed by atoms with van der Waals surface area (Å²) in [5.41, 5.74) is 5.17. The maximum absolute atomic E-state index is 10.6. The van der Waals surface area contributed by atoms with Crippen molar-refractivity contribution in [2.45, 2.75) is 40.0 Å². The first-order valence-electron chi connectivity index (χ1n) is 7.21. The largest absolute Gasteiger partial charge is 0.545 e. The van der Waals surface area contributed by atoms with Crippen molar-refractivity contribution in [2.75, 3.05) is 5.43 Å². The van der Waals surface area contributed by atoms with Gasteiger partial charge in [-0.15, -0.1) is 0 Å². The first kappa shape index (κ1) is 17.0. The van der Waals surface area contributed by atoms with E-state index < -0.39 is 5.97 Å². The van der Waals surface area contributed by atoms with Gasteiger partial charge in [-0.2, -0.15) is 5.10 Å². The third-order valence-corrected chi connectivity index (χ3v) is 3.13. The van der Waals surface area contributed by atoms with Gasteiger partial charge in [0.1, 0.15) is 0 Å². The Morgan fingerprint density at radius 1 is 1.33 bits per heavy atom. The Bertz CT molecular complexity index is 500. The lowest BCUT2D eigenvalue weighted by atomic mass is 10.0. The fraction of sp³-hybridized carbons (Fsp3) is 0.412. The minimum absolute atomic E-state index is 0.164. The summed E-state index contributed by atoms with van der Waals surface area (Å²) in [6.07, 6.45) is 7.29. The second-order valence-corrected chi connectivity index (χ2v) is 5.49. The maximum atomic E-state index is 10.6. The number of hydrogen-bond acceptors (Lipinski definition) is 4. The van der Waals surface area contributed by atoms with Crippen LogP contribution in [0.1, 0.15) is 50.4 Å². The third-order valence-electron chi connectivity index (χ3n) is 3.13. The zero-order valence-electron chi connectivity index (χ0n) is 12.9. The molecule has 0 aliphatic carbocycles. The first-order chi connectivity index (χ1) is 9.99.